The molecule has 0 amide bonds. The van der Waals surface area contributed by atoms with E-state index in [4.69, 9.17) is 13.8 Å². The first kappa shape index (κ1) is 34.3. The Morgan fingerprint density at radius 1 is 0.383 bits per heavy atom. The Kier molecular flexibility index (Phi) is 8.00. The van der Waals surface area contributed by atoms with Crippen molar-refractivity contribution in [3.05, 3.63) is 206 Å². The maximum atomic E-state index is 6.63. The SMILES string of the molecule is c1ccc(-c2ccc(N(c3ccc(-c4cc5oc6ccccc6c5c5oc(-c6ccccc6)nc45)cc3)c3cccc(-c4cccc5sc6ccccc6c45)c3)cc2)cc1. The lowest BCUT2D eigenvalue weighted by Crippen LogP contribution is -2.10. The molecule has 0 spiro atoms. The molecule has 0 fully saturated rings. The van der Waals surface area contributed by atoms with Crippen molar-refractivity contribution in [2.45, 2.75) is 0 Å². The van der Waals surface area contributed by atoms with E-state index in [0.29, 0.717) is 5.89 Å². The Balaban J connectivity index is 1.01. The number of anilines is 3. The first-order chi connectivity index (χ1) is 29.7. The van der Waals surface area contributed by atoms with Crippen LogP contribution in [-0.2, 0) is 0 Å². The Morgan fingerprint density at radius 2 is 1.00 bits per heavy atom. The molecule has 3 aromatic heterocycles. The van der Waals surface area contributed by atoms with Crippen LogP contribution in [0.4, 0.5) is 17.1 Å². The van der Waals surface area contributed by atoms with E-state index in [0.717, 1.165) is 66.8 Å². The van der Waals surface area contributed by atoms with Crippen LogP contribution < -0.4 is 4.90 Å². The van der Waals surface area contributed by atoms with E-state index >= 15 is 0 Å². The van der Waals surface area contributed by atoms with Gasteiger partial charge in [0.05, 0.1) is 5.39 Å². The lowest BCUT2D eigenvalue weighted by molar-refractivity contribution is 0.622. The van der Waals surface area contributed by atoms with Crippen LogP contribution in [0.2, 0.25) is 0 Å². The molecule has 282 valence electrons. The van der Waals surface area contributed by atoms with E-state index < -0.39 is 0 Å². The molecular weight excluding hydrogens is 753 g/mol. The number of oxazole rings is 1. The average Bonchev–Trinajstić information content (AvgIpc) is 4.04. The second-order valence-electron chi connectivity index (χ2n) is 15.1. The van der Waals surface area contributed by atoms with Gasteiger partial charge in [0.1, 0.15) is 16.7 Å². The van der Waals surface area contributed by atoms with E-state index in [9.17, 15) is 0 Å². The molecule has 0 saturated carbocycles. The number of hydrogen-bond acceptors (Lipinski definition) is 5. The standard InChI is InChI=1S/C55H34N2O2S/c1-3-13-35(14-4-1)36-25-29-40(30-26-36)57(42-18-11-17-39(33-42)43-21-12-24-50-51(43)45-20-8-10-23-49(45)60-50)41-31-27-37(28-32-41)46-34-48-52(44-19-7-9-22-47(44)58-48)54-53(46)56-55(59-54)38-15-5-2-6-16-38/h1-34H. The third kappa shape index (κ3) is 5.70. The van der Waals surface area contributed by atoms with Gasteiger partial charge in [0.2, 0.25) is 5.89 Å². The van der Waals surface area contributed by atoms with Gasteiger partial charge in [0.25, 0.3) is 0 Å². The molecular formula is C55H34N2O2S. The highest BCUT2D eigenvalue weighted by Gasteiger charge is 2.22. The van der Waals surface area contributed by atoms with E-state index in [2.05, 4.69) is 163 Å². The van der Waals surface area contributed by atoms with Gasteiger partial charge in [-0.05, 0) is 101 Å². The summed E-state index contributed by atoms with van der Waals surface area (Å²) in [7, 11) is 0. The topological polar surface area (TPSA) is 42.4 Å². The van der Waals surface area contributed by atoms with E-state index in [1.54, 1.807) is 0 Å². The minimum absolute atomic E-state index is 0.581. The molecule has 12 aromatic rings. The highest BCUT2D eigenvalue weighted by atomic mass is 32.1. The summed E-state index contributed by atoms with van der Waals surface area (Å²) in [4.78, 5) is 7.48. The van der Waals surface area contributed by atoms with Gasteiger partial charge in [-0.2, -0.15) is 0 Å². The predicted octanol–water partition coefficient (Wildman–Crippen LogP) is 16.2. The third-order valence-corrected chi connectivity index (χ3v) is 12.7. The summed E-state index contributed by atoms with van der Waals surface area (Å²) >= 11 is 1.85. The van der Waals surface area contributed by atoms with Gasteiger partial charge in [-0.3, -0.25) is 0 Å². The largest absolute Gasteiger partial charge is 0.456 e. The van der Waals surface area contributed by atoms with Gasteiger partial charge < -0.3 is 13.7 Å². The molecule has 0 saturated heterocycles. The smallest absolute Gasteiger partial charge is 0.227 e. The normalized spacial score (nSPS) is 11.7. The summed E-state index contributed by atoms with van der Waals surface area (Å²) in [6.45, 7) is 0. The minimum atomic E-state index is 0.581. The minimum Gasteiger partial charge on any atom is -0.456 e. The zero-order valence-corrected chi connectivity index (χ0v) is 33.1. The molecule has 0 bridgehead atoms. The number of thiophene rings is 1. The van der Waals surface area contributed by atoms with Crippen molar-refractivity contribution >= 4 is 81.6 Å². The van der Waals surface area contributed by atoms with Crippen LogP contribution in [0, 0.1) is 0 Å². The van der Waals surface area contributed by atoms with Crippen molar-refractivity contribution in [2.75, 3.05) is 4.90 Å². The maximum absolute atomic E-state index is 6.63. The lowest BCUT2D eigenvalue weighted by Gasteiger charge is -2.26. The summed E-state index contributed by atoms with van der Waals surface area (Å²) in [6, 6.07) is 72.8. The second kappa shape index (κ2) is 14.0. The van der Waals surface area contributed by atoms with Crippen molar-refractivity contribution in [1.29, 1.82) is 0 Å². The van der Waals surface area contributed by atoms with Gasteiger partial charge in [0, 0.05) is 53.7 Å². The fourth-order valence-corrected chi connectivity index (χ4v) is 9.83. The highest BCUT2D eigenvalue weighted by Crippen LogP contribution is 2.45. The van der Waals surface area contributed by atoms with Crippen LogP contribution in [0.5, 0.6) is 0 Å². The number of benzene rings is 9. The van der Waals surface area contributed by atoms with Crippen molar-refractivity contribution in [3.8, 4) is 44.8 Å². The summed E-state index contributed by atoms with van der Waals surface area (Å²) < 4.78 is 15.7. The number of aromatic nitrogens is 1. The number of furan rings is 1. The van der Waals surface area contributed by atoms with Crippen LogP contribution in [0.1, 0.15) is 0 Å². The van der Waals surface area contributed by atoms with Gasteiger partial charge in [-0.15, -0.1) is 11.3 Å². The molecule has 0 aliphatic heterocycles. The molecule has 12 rings (SSSR count). The van der Waals surface area contributed by atoms with E-state index in [1.165, 1.54) is 42.4 Å². The van der Waals surface area contributed by atoms with Crippen molar-refractivity contribution < 1.29 is 8.83 Å². The zero-order chi connectivity index (χ0) is 39.6. The Labute approximate surface area is 349 Å². The molecule has 3 heterocycles. The van der Waals surface area contributed by atoms with Crippen LogP contribution in [0.25, 0.3) is 98.0 Å². The number of nitrogens with zero attached hydrogens (tertiary/aromatic N) is 2. The number of rotatable bonds is 7. The first-order valence-electron chi connectivity index (χ1n) is 20.1. The second-order valence-corrected chi connectivity index (χ2v) is 16.2. The highest BCUT2D eigenvalue weighted by molar-refractivity contribution is 7.25. The molecule has 0 aliphatic carbocycles. The van der Waals surface area contributed by atoms with Gasteiger partial charge in [0.15, 0.2) is 5.58 Å². The lowest BCUT2D eigenvalue weighted by atomic mass is 9.98. The number of hydrogen-bond donors (Lipinski definition) is 0. The van der Waals surface area contributed by atoms with Gasteiger partial charge >= 0.3 is 0 Å². The Bertz CT molecular complexity index is 3530. The third-order valence-electron chi connectivity index (χ3n) is 11.5. The zero-order valence-electron chi connectivity index (χ0n) is 32.2. The first-order valence-corrected chi connectivity index (χ1v) is 20.9. The maximum Gasteiger partial charge on any atom is 0.227 e. The molecule has 0 unspecified atom stereocenters. The molecule has 9 aromatic carbocycles. The predicted molar refractivity (Wildman–Crippen MR) is 251 cm³/mol. The van der Waals surface area contributed by atoms with Crippen LogP contribution >= 0.6 is 11.3 Å². The molecule has 4 nitrogen and oxygen atoms in total. The average molecular weight is 787 g/mol. The summed E-state index contributed by atoms with van der Waals surface area (Å²) in [5.74, 6) is 0.581. The van der Waals surface area contributed by atoms with Crippen molar-refractivity contribution in [2.24, 2.45) is 0 Å². The van der Waals surface area contributed by atoms with Crippen molar-refractivity contribution in [1.82, 2.24) is 4.98 Å². The summed E-state index contributed by atoms with van der Waals surface area (Å²) in [5, 5.41) is 4.54. The number of para-hydroxylation sites is 1. The van der Waals surface area contributed by atoms with E-state index in [-0.39, 0.29) is 0 Å². The summed E-state index contributed by atoms with van der Waals surface area (Å²) in [5.41, 5.74) is 13.9. The fourth-order valence-electron chi connectivity index (χ4n) is 8.69. The van der Waals surface area contributed by atoms with Crippen LogP contribution in [0.15, 0.2) is 215 Å². The van der Waals surface area contributed by atoms with E-state index in [1.807, 2.05) is 59.9 Å². The number of fused-ring (bicyclic) bond motifs is 8. The Morgan fingerprint density at radius 3 is 1.78 bits per heavy atom. The fraction of sp³-hybridized carbons (Fsp3) is 0. The molecule has 0 aliphatic rings. The molecule has 60 heavy (non-hydrogen) atoms. The molecule has 0 atom stereocenters. The van der Waals surface area contributed by atoms with Crippen LogP contribution in [-0.4, -0.2) is 4.98 Å². The van der Waals surface area contributed by atoms with Gasteiger partial charge in [-0.1, -0.05) is 133 Å². The van der Waals surface area contributed by atoms with Gasteiger partial charge in [-0.25, -0.2) is 4.98 Å². The van der Waals surface area contributed by atoms with Crippen molar-refractivity contribution in [3.63, 3.8) is 0 Å². The van der Waals surface area contributed by atoms with Crippen LogP contribution in [0.3, 0.4) is 0 Å². The molecule has 0 N–H and O–H groups in total. The monoisotopic (exact) mass is 786 g/mol. The quantitative estimate of drug-likeness (QED) is 0.161. The molecule has 0 radical (unpaired) electrons. The molecule has 5 heteroatoms. The Hall–Kier alpha value is -7.73. The summed E-state index contributed by atoms with van der Waals surface area (Å²) in [6.07, 6.45) is 0.